The summed E-state index contributed by atoms with van der Waals surface area (Å²) in [5, 5.41) is 10.2. The average molecular weight is 504 g/mol. The largest absolute Gasteiger partial charge is 0.393 e. The molecule has 0 radical (unpaired) electrons. The fourth-order valence-corrected chi connectivity index (χ4v) is 9.90. The molecule has 1 atom stereocenters. The molecule has 0 aromatic heterocycles. The lowest BCUT2D eigenvalue weighted by atomic mass is 9.91. The molecule has 4 heteroatoms. The van der Waals surface area contributed by atoms with Gasteiger partial charge in [0.15, 0.2) is 0 Å². The third-order valence-electron chi connectivity index (χ3n) is 7.84. The summed E-state index contributed by atoms with van der Waals surface area (Å²) in [7, 11) is 8.11. The summed E-state index contributed by atoms with van der Waals surface area (Å²) in [5.74, 6) is 0. The Morgan fingerprint density at radius 2 is 1.43 bits per heavy atom. The van der Waals surface area contributed by atoms with Crippen LogP contribution in [0.2, 0.25) is 6.55 Å². The van der Waals surface area contributed by atoms with Crippen molar-refractivity contribution in [3.63, 3.8) is 0 Å². The second-order valence-corrected chi connectivity index (χ2v) is 14.5. The van der Waals surface area contributed by atoms with Gasteiger partial charge in [0.2, 0.25) is 0 Å². The van der Waals surface area contributed by atoms with Crippen molar-refractivity contribution in [1.29, 1.82) is 0 Å². The van der Waals surface area contributed by atoms with Crippen LogP contribution in [-0.4, -0.2) is 43.3 Å². The Kier molecular flexibility index (Phi) is 6.46. The molecule has 4 aromatic rings. The first kappa shape index (κ1) is 24.9. The highest BCUT2D eigenvalue weighted by Gasteiger charge is 2.41. The van der Waals surface area contributed by atoms with Gasteiger partial charge < -0.3 is 15.1 Å². The summed E-state index contributed by atoms with van der Waals surface area (Å²) in [6, 6.07) is 32.1. The van der Waals surface area contributed by atoms with Crippen molar-refractivity contribution in [3.05, 3.63) is 112 Å². The first-order valence-electron chi connectivity index (χ1n) is 12.9. The van der Waals surface area contributed by atoms with Crippen molar-refractivity contribution in [2.24, 2.45) is 0 Å². The number of fused-ring (bicyclic) bond motifs is 2. The van der Waals surface area contributed by atoms with Crippen LogP contribution in [0.1, 0.15) is 16.7 Å². The van der Waals surface area contributed by atoms with Crippen LogP contribution in [0.25, 0.3) is 11.8 Å². The molecule has 1 aliphatic heterocycles. The fraction of sp³-hybridized carbons (Fsp3) is 0.212. The number of aryl methyl sites for hydroxylation is 1. The maximum atomic E-state index is 3.25. The lowest BCUT2D eigenvalue weighted by Crippen LogP contribution is -2.72. The topological polar surface area (TPSA) is 18.5 Å². The number of nitrogens with one attached hydrogen (secondary N) is 1. The second-order valence-electron chi connectivity index (χ2n) is 10.6. The van der Waals surface area contributed by atoms with E-state index in [0.29, 0.717) is 0 Å². The Hall–Kier alpha value is -3.76. The number of anilines is 2. The number of hydrogen-bond acceptors (Lipinski definition) is 3. The molecule has 0 aliphatic carbocycles. The van der Waals surface area contributed by atoms with Crippen LogP contribution in [0.15, 0.2) is 84.9 Å². The molecule has 0 bridgehead atoms. The first-order valence-corrected chi connectivity index (χ1v) is 15.4. The summed E-state index contributed by atoms with van der Waals surface area (Å²) >= 11 is 0. The molecule has 1 heterocycles. The predicted octanol–water partition coefficient (Wildman–Crippen LogP) is 2.75. The highest BCUT2D eigenvalue weighted by Crippen LogP contribution is 2.29. The molecular formula is C33H37N3Si. The normalized spacial score (nSPS) is 16.7. The van der Waals surface area contributed by atoms with Crippen LogP contribution in [0.5, 0.6) is 0 Å². The number of hydrogen-bond donors (Lipinski definition) is 1. The van der Waals surface area contributed by atoms with Crippen molar-refractivity contribution >= 4 is 46.8 Å². The Labute approximate surface area is 222 Å². The molecule has 188 valence electrons. The molecular weight excluding hydrogens is 466 g/mol. The van der Waals surface area contributed by atoms with Gasteiger partial charge in [-0.3, -0.25) is 0 Å². The quantitative estimate of drug-likeness (QED) is 0.423. The maximum Gasteiger partial charge on any atom is 0.147 e. The third-order valence-corrected chi connectivity index (χ3v) is 12.3. The van der Waals surface area contributed by atoms with E-state index in [0.717, 1.165) is 0 Å². The van der Waals surface area contributed by atoms with E-state index in [9.17, 15) is 0 Å². The fourth-order valence-electron chi connectivity index (χ4n) is 5.73. The SMILES string of the molecule is CNC=c1ccc2c(c1)[Si](C)(c1cccc(N(C)C)c1)c1cc(N(C)C)ccc1C=2c1ccccc1C. The van der Waals surface area contributed by atoms with E-state index in [1.165, 1.54) is 59.6 Å². The minimum Gasteiger partial charge on any atom is -0.393 e. The van der Waals surface area contributed by atoms with Gasteiger partial charge in [0.1, 0.15) is 8.07 Å². The Morgan fingerprint density at radius 3 is 2.14 bits per heavy atom. The van der Waals surface area contributed by atoms with Gasteiger partial charge in [0.05, 0.1) is 0 Å². The second kappa shape index (κ2) is 9.60. The van der Waals surface area contributed by atoms with E-state index in [-0.39, 0.29) is 0 Å². The van der Waals surface area contributed by atoms with E-state index < -0.39 is 8.07 Å². The molecule has 3 nitrogen and oxygen atoms in total. The van der Waals surface area contributed by atoms with E-state index in [4.69, 9.17) is 0 Å². The molecule has 0 saturated heterocycles. The maximum absolute atomic E-state index is 3.25. The van der Waals surface area contributed by atoms with Crippen LogP contribution in [0.3, 0.4) is 0 Å². The molecule has 0 spiro atoms. The van der Waals surface area contributed by atoms with Gasteiger partial charge in [-0.2, -0.15) is 0 Å². The summed E-state index contributed by atoms with van der Waals surface area (Å²) in [5.41, 5.74) is 7.81. The highest BCUT2D eigenvalue weighted by molar-refractivity contribution is 7.11. The van der Waals surface area contributed by atoms with Gasteiger partial charge in [-0.25, -0.2) is 0 Å². The molecule has 0 fully saturated rings. The molecule has 0 saturated carbocycles. The first-order chi connectivity index (χ1) is 17.8. The number of nitrogens with zero attached hydrogens (tertiary/aromatic N) is 2. The highest BCUT2D eigenvalue weighted by atomic mass is 28.3. The lowest BCUT2D eigenvalue weighted by molar-refractivity contribution is 1.13. The van der Waals surface area contributed by atoms with Crippen LogP contribution in [0, 0.1) is 6.92 Å². The molecule has 1 N–H and O–H groups in total. The van der Waals surface area contributed by atoms with Gasteiger partial charge in [-0.05, 0) is 79.5 Å². The summed E-state index contributed by atoms with van der Waals surface area (Å²) in [6.45, 7) is 4.77. The van der Waals surface area contributed by atoms with E-state index in [2.05, 4.69) is 148 Å². The summed E-state index contributed by atoms with van der Waals surface area (Å²) in [6.07, 6.45) is 2.10. The van der Waals surface area contributed by atoms with Crippen molar-refractivity contribution in [3.8, 4) is 0 Å². The van der Waals surface area contributed by atoms with Crippen molar-refractivity contribution < 1.29 is 0 Å². The predicted molar refractivity (Wildman–Crippen MR) is 164 cm³/mol. The molecule has 5 rings (SSSR count). The van der Waals surface area contributed by atoms with Crippen LogP contribution < -0.4 is 41.1 Å². The average Bonchev–Trinajstić information content (AvgIpc) is 2.90. The minimum atomic E-state index is -2.38. The smallest absolute Gasteiger partial charge is 0.147 e. The van der Waals surface area contributed by atoms with Gasteiger partial charge in [0.25, 0.3) is 0 Å². The lowest BCUT2D eigenvalue weighted by Gasteiger charge is -2.38. The van der Waals surface area contributed by atoms with Crippen LogP contribution in [-0.2, 0) is 0 Å². The minimum absolute atomic E-state index is 1.21. The zero-order valence-electron chi connectivity index (χ0n) is 23.1. The molecule has 0 amide bonds. The zero-order valence-corrected chi connectivity index (χ0v) is 24.1. The number of rotatable bonds is 5. The molecule has 4 aromatic carbocycles. The monoisotopic (exact) mass is 503 g/mol. The van der Waals surface area contributed by atoms with Crippen LogP contribution in [0.4, 0.5) is 11.4 Å². The van der Waals surface area contributed by atoms with E-state index in [1.807, 2.05) is 7.05 Å². The van der Waals surface area contributed by atoms with Crippen molar-refractivity contribution in [1.82, 2.24) is 5.32 Å². The summed E-state index contributed by atoms with van der Waals surface area (Å²) < 4.78 is 0. The van der Waals surface area contributed by atoms with Crippen molar-refractivity contribution in [2.75, 3.05) is 45.0 Å². The van der Waals surface area contributed by atoms with Gasteiger partial charge in [-0.15, -0.1) is 0 Å². The van der Waals surface area contributed by atoms with E-state index >= 15 is 0 Å². The molecule has 1 unspecified atom stereocenters. The van der Waals surface area contributed by atoms with Crippen molar-refractivity contribution in [2.45, 2.75) is 13.5 Å². The molecule has 37 heavy (non-hydrogen) atoms. The summed E-state index contributed by atoms with van der Waals surface area (Å²) in [4.78, 5) is 4.43. The Morgan fingerprint density at radius 1 is 0.703 bits per heavy atom. The Balaban J connectivity index is 1.99. The standard InChI is InChI=1S/C33H37N3Si/c1-23-11-8-9-14-28(23)33-29-17-15-24(22-34-2)19-31(29)37(7,27-13-10-12-25(20-27)35(3)4)32-21-26(36(5)6)16-18-30(32)33/h8-22,34H,1-7H3. The third kappa shape index (κ3) is 4.15. The van der Waals surface area contributed by atoms with Gasteiger partial charge >= 0.3 is 0 Å². The van der Waals surface area contributed by atoms with Crippen LogP contribution >= 0.6 is 0 Å². The van der Waals surface area contributed by atoms with Gasteiger partial charge in [0, 0.05) is 52.8 Å². The Bertz CT molecular complexity index is 1600. The zero-order chi connectivity index (χ0) is 26.3. The van der Waals surface area contributed by atoms with Gasteiger partial charge in [-0.1, -0.05) is 67.2 Å². The van der Waals surface area contributed by atoms with E-state index in [1.54, 1.807) is 0 Å². The molecule has 1 aliphatic rings. The number of benzene rings is 4.